The van der Waals surface area contributed by atoms with Gasteiger partial charge < -0.3 is 25.0 Å². The van der Waals surface area contributed by atoms with Crippen molar-refractivity contribution in [2.75, 3.05) is 27.3 Å². The molecular formula is C17H18N2O7S2. The molecule has 1 aliphatic rings. The zero-order valence-corrected chi connectivity index (χ0v) is 16.7. The van der Waals surface area contributed by atoms with Crippen molar-refractivity contribution in [2.45, 2.75) is 6.42 Å². The maximum Gasteiger partial charge on any atom is 0.305 e. The fourth-order valence-corrected chi connectivity index (χ4v) is 3.55. The molecule has 1 fully saturated rings. The Morgan fingerprint density at radius 2 is 1.89 bits per heavy atom. The maximum absolute atomic E-state index is 12.6. The highest BCUT2D eigenvalue weighted by molar-refractivity contribution is 8.26. The molecule has 0 saturated carbocycles. The molecule has 1 heterocycles. The maximum atomic E-state index is 12.6. The molecule has 0 atom stereocenters. The molecule has 0 aliphatic carbocycles. The number of phenolic OH excluding ortho intramolecular Hbond substituents is 1. The van der Waals surface area contributed by atoms with Gasteiger partial charge in [0.1, 0.15) is 10.9 Å². The van der Waals surface area contributed by atoms with E-state index >= 15 is 0 Å². The van der Waals surface area contributed by atoms with Crippen LogP contribution in [0.15, 0.2) is 17.0 Å². The minimum atomic E-state index is -1.03. The standard InChI is InChI=1S/C17H18N2O7S2/c1-25-10-5-9(6-11(26-2)15(10)23)7-12-16(24)19(17(27)28-12)8-13(20)18-4-3-14(21)22/h5-7,23H,3-4,8H2,1-2H3,(H,18,20)(H,21,22)/b12-7-. The van der Waals surface area contributed by atoms with Crippen molar-refractivity contribution < 1.29 is 34.1 Å². The van der Waals surface area contributed by atoms with E-state index < -0.39 is 17.8 Å². The number of hydrogen-bond acceptors (Lipinski definition) is 8. The Balaban J connectivity index is 2.14. The normalized spacial score (nSPS) is 15.1. The van der Waals surface area contributed by atoms with E-state index in [1.54, 1.807) is 6.08 Å². The van der Waals surface area contributed by atoms with Gasteiger partial charge in [0.25, 0.3) is 5.91 Å². The number of thiocarbonyl (C=S) groups is 1. The van der Waals surface area contributed by atoms with Crippen LogP contribution >= 0.6 is 24.0 Å². The van der Waals surface area contributed by atoms with Gasteiger partial charge in [-0.3, -0.25) is 19.3 Å². The fourth-order valence-electron chi connectivity index (χ4n) is 2.29. The van der Waals surface area contributed by atoms with Crippen LogP contribution in [0.3, 0.4) is 0 Å². The molecule has 0 unspecified atom stereocenters. The highest BCUT2D eigenvalue weighted by atomic mass is 32.2. The molecule has 1 aromatic rings. The molecule has 1 saturated heterocycles. The van der Waals surface area contributed by atoms with Crippen LogP contribution in [-0.2, 0) is 14.4 Å². The summed E-state index contributed by atoms with van der Waals surface area (Å²) >= 11 is 6.19. The number of ether oxygens (including phenoxy) is 2. The highest BCUT2D eigenvalue weighted by Crippen LogP contribution is 2.39. The van der Waals surface area contributed by atoms with E-state index in [4.69, 9.17) is 26.8 Å². The van der Waals surface area contributed by atoms with Crippen molar-refractivity contribution in [2.24, 2.45) is 0 Å². The number of nitrogens with zero attached hydrogens (tertiary/aromatic N) is 1. The van der Waals surface area contributed by atoms with Crippen LogP contribution in [0.4, 0.5) is 0 Å². The van der Waals surface area contributed by atoms with Crippen molar-refractivity contribution >= 4 is 52.2 Å². The van der Waals surface area contributed by atoms with Gasteiger partial charge >= 0.3 is 5.97 Å². The van der Waals surface area contributed by atoms with Crippen molar-refractivity contribution in [3.8, 4) is 17.2 Å². The highest BCUT2D eigenvalue weighted by Gasteiger charge is 2.33. The summed E-state index contributed by atoms with van der Waals surface area (Å²) in [7, 11) is 2.78. The van der Waals surface area contributed by atoms with Crippen LogP contribution in [-0.4, -0.2) is 64.5 Å². The summed E-state index contributed by atoms with van der Waals surface area (Å²) in [6.45, 7) is -0.338. The summed E-state index contributed by atoms with van der Waals surface area (Å²) in [6.07, 6.45) is 1.33. The number of carboxylic acid groups (broad SMARTS) is 1. The Labute approximate surface area is 170 Å². The molecular weight excluding hydrogens is 408 g/mol. The number of carbonyl (C=O) groups is 3. The summed E-state index contributed by atoms with van der Waals surface area (Å²) in [6, 6.07) is 3.06. The lowest BCUT2D eigenvalue weighted by molar-refractivity contribution is -0.137. The average molecular weight is 426 g/mol. The van der Waals surface area contributed by atoms with E-state index in [-0.39, 0.29) is 46.0 Å². The number of aromatic hydroxyl groups is 1. The number of methoxy groups -OCH3 is 2. The van der Waals surface area contributed by atoms with Crippen LogP contribution < -0.4 is 14.8 Å². The topological polar surface area (TPSA) is 125 Å². The smallest absolute Gasteiger partial charge is 0.305 e. The molecule has 0 spiro atoms. The second-order valence-corrected chi connectivity index (χ2v) is 7.21. The molecule has 1 aliphatic heterocycles. The molecule has 2 amide bonds. The molecule has 3 N–H and O–H groups in total. The van der Waals surface area contributed by atoms with E-state index in [1.165, 1.54) is 26.4 Å². The van der Waals surface area contributed by atoms with Gasteiger partial charge in [-0.15, -0.1) is 0 Å². The second kappa shape index (κ2) is 9.42. The molecule has 28 heavy (non-hydrogen) atoms. The minimum Gasteiger partial charge on any atom is -0.502 e. The van der Waals surface area contributed by atoms with Crippen molar-refractivity contribution in [3.05, 3.63) is 22.6 Å². The Morgan fingerprint density at radius 3 is 2.43 bits per heavy atom. The van der Waals surface area contributed by atoms with E-state index in [1.807, 2.05) is 0 Å². The predicted molar refractivity (Wildman–Crippen MR) is 106 cm³/mol. The monoisotopic (exact) mass is 426 g/mol. The first-order valence-electron chi connectivity index (χ1n) is 7.95. The van der Waals surface area contributed by atoms with Crippen LogP contribution in [0.5, 0.6) is 17.2 Å². The summed E-state index contributed by atoms with van der Waals surface area (Å²) in [5.74, 6) is -1.79. The van der Waals surface area contributed by atoms with E-state index in [9.17, 15) is 19.5 Å². The van der Waals surface area contributed by atoms with E-state index in [0.29, 0.717) is 5.56 Å². The lowest BCUT2D eigenvalue weighted by Crippen LogP contribution is -2.40. The van der Waals surface area contributed by atoms with Crippen LogP contribution in [0, 0.1) is 0 Å². The summed E-state index contributed by atoms with van der Waals surface area (Å²) < 4.78 is 10.4. The average Bonchev–Trinajstić information content (AvgIpc) is 2.90. The number of rotatable bonds is 8. The molecule has 1 aromatic carbocycles. The number of nitrogens with one attached hydrogen (secondary N) is 1. The number of thioether (sulfide) groups is 1. The zero-order valence-electron chi connectivity index (χ0n) is 15.1. The van der Waals surface area contributed by atoms with Crippen LogP contribution in [0.25, 0.3) is 6.08 Å². The Bertz CT molecular complexity index is 829. The number of benzene rings is 1. The third kappa shape index (κ3) is 5.14. The lowest BCUT2D eigenvalue weighted by Gasteiger charge is -2.13. The third-order valence-electron chi connectivity index (χ3n) is 3.64. The summed E-state index contributed by atoms with van der Waals surface area (Å²) in [5, 5.41) is 21.0. The van der Waals surface area contributed by atoms with Gasteiger partial charge in [-0.2, -0.15) is 0 Å². The van der Waals surface area contributed by atoms with Crippen LogP contribution in [0.2, 0.25) is 0 Å². The van der Waals surface area contributed by atoms with Gasteiger partial charge in [0.2, 0.25) is 11.7 Å². The number of hydrogen-bond donors (Lipinski definition) is 3. The lowest BCUT2D eigenvalue weighted by atomic mass is 10.1. The first-order chi connectivity index (χ1) is 13.3. The van der Waals surface area contributed by atoms with Gasteiger partial charge in [-0.05, 0) is 23.8 Å². The summed E-state index contributed by atoms with van der Waals surface area (Å²) in [4.78, 5) is 36.4. The molecule has 11 heteroatoms. The van der Waals surface area contributed by atoms with Crippen molar-refractivity contribution in [1.82, 2.24) is 10.2 Å². The first kappa shape index (κ1) is 21.5. The second-order valence-electron chi connectivity index (χ2n) is 5.54. The largest absolute Gasteiger partial charge is 0.502 e. The third-order valence-corrected chi connectivity index (χ3v) is 5.01. The van der Waals surface area contributed by atoms with E-state index in [0.717, 1.165) is 16.7 Å². The fraction of sp³-hybridized carbons (Fsp3) is 0.294. The number of carbonyl (C=O) groups excluding carboxylic acids is 2. The SMILES string of the molecule is COc1cc(/C=C2\SC(=S)N(CC(=O)NCCC(=O)O)C2=O)cc(OC)c1O. The Hall–Kier alpha value is -2.79. The van der Waals surface area contributed by atoms with Gasteiger partial charge in [0.15, 0.2) is 11.5 Å². The number of phenols is 1. The molecule has 0 radical (unpaired) electrons. The predicted octanol–water partition coefficient (Wildman–Crippen LogP) is 1.20. The summed E-state index contributed by atoms with van der Waals surface area (Å²) in [5.41, 5.74) is 0.540. The minimum absolute atomic E-state index is 0.0358. The number of aliphatic carboxylic acids is 1. The zero-order chi connectivity index (χ0) is 20.8. The Kier molecular flexibility index (Phi) is 7.24. The Morgan fingerprint density at radius 1 is 1.29 bits per heavy atom. The van der Waals surface area contributed by atoms with Crippen molar-refractivity contribution in [3.63, 3.8) is 0 Å². The first-order valence-corrected chi connectivity index (χ1v) is 9.18. The van der Waals surface area contributed by atoms with Gasteiger partial charge in [-0.25, -0.2) is 0 Å². The van der Waals surface area contributed by atoms with Gasteiger partial charge in [0, 0.05) is 6.54 Å². The quantitative estimate of drug-likeness (QED) is 0.415. The molecule has 0 bridgehead atoms. The van der Waals surface area contributed by atoms with Crippen LogP contribution in [0.1, 0.15) is 12.0 Å². The van der Waals surface area contributed by atoms with Crippen molar-refractivity contribution in [1.29, 1.82) is 0 Å². The van der Waals surface area contributed by atoms with E-state index in [2.05, 4.69) is 5.32 Å². The molecule has 0 aromatic heterocycles. The molecule has 150 valence electrons. The molecule has 2 rings (SSSR count). The number of carboxylic acids is 1. The van der Waals surface area contributed by atoms with Gasteiger partial charge in [0.05, 0.1) is 25.5 Å². The number of amides is 2. The molecule has 9 nitrogen and oxygen atoms in total. The van der Waals surface area contributed by atoms with Gasteiger partial charge in [-0.1, -0.05) is 24.0 Å².